The molecule has 8 nitrogen and oxygen atoms in total. The van der Waals surface area contributed by atoms with Crippen LogP contribution < -0.4 is 14.4 Å². The van der Waals surface area contributed by atoms with Crippen LogP contribution >= 0.6 is 0 Å². The van der Waals surface area contributed by atoms with Crippen LogP contribution in [0.4, 0.5) is 24.5 Å². The van der Waals surface area contributed by atoms with E-state index < -0.39 is 27.7 Å². The van der Waals surface area contributed by atoms with Gasteiger partial charge in [-0.05, 0) is 56.3 Å². The summed E-state index contributed by atoms with van der Waals surface area (Å²) >= 11 is 0. The number of carbonyl (C=O) groups is 1. The number of nitrogens with zero attached hydrogens (tertiary/aromatic N) is 3. The molecule has 1 amide bonds. The number of aromatic nitrogens is 2. The van der Waals surface area contributed by atoms with Crippen molar-refractivity contribution in [2.45, 2.75) is 31.0 Å². The van der Waals surface area contributed by atoms with Crippen molar-refractivity contribution in [3.8, 4) is 5.75 Å². The molecule has 0 atom stereocenters. The minimum absolute atomic E-state index is 0.00660. The van der Waals surface area contributed by atoms with Gasteiger partial charge in [0.2, 0.25) is 0 Å². The lowest BCUT2D eigenvalue weighted by atomic mass is 10.2. The van der Waals surface area contributed by atoms with Gasteiger partial charge in [0.15, 0.2) is 0 Å². The molecule has 12 heteroatoms. The third kappa shape index (κ3) is 4.58. The van der Waals surface area contributed by atoms with Crippen LogP contribution in [-0.4, -0.2) is 37.3 Å². The van der Waals surface area contributed by atoms with E-state index in [0.29, 0.717) is 5.56 Å². The predicted molar refractivity (Wildman–Crippen MR) is 118 cm³/mol. The molecular formula is C22H21F3N4O4S. The summed E-state index contributed by atoms with van der Waals surface area (Å²) < 4.78 is 73.6. The molecule has 3 aromatic rings. The summed E-state index contributed by atoms with van der Waals surface area (Å²) in [5, 5.41) is 6.75. The van der Waals surface area contributed by atoms with Crippen LogP contribution in [0.1, 0.15) is 35.8 Å². The number of hydrogen-bond acceptors (Lipinski definition) is 5. The molecule has 0 spiro atoms. The molecule has 180 valence electrons. The van der Waals surface area contributed by atoms with Crippen molar-refractivity contribution >= 4 is 27.3 Å². The van der Waals surface area contributed by atoms with Crippen LogP contribution in [-0.2, 0) is 16.2 Å². The van der Waals surface area contributed by atoms with Crippen LogP contribution in [0.15, 0.2) is 59.8 Å². The van der Waals surface area contributed by atoms with Crippen molar-refractivity contribution in [1.29, 1.82) is 0 Å². The first kappa shape index (κ1) is 23.6. The minimum Gasteiger partial charge on any atom is -0.490 e. The molecule has 4 rings (SSSR count). The molecule has 1 aliphatic heterocycles. The van der Waals surface area contributed by atoms with Gasteiger partial charge in [-0.3, -0.25) is 13.8 Å². The fraction of sp³-hybridized carbons (Fsp3) is 0.273. The number of alkyl halides is 3. The highest BCUT2D eigenvalue weighted by Crippen LogP contribution is 2.36. The molecular weight excluding hydrogens is 473 g/mol. The van der Waals surface area contributed by atoms with Gasteiger partial charge >= 0.3 is 6.18 Å². The lowest BCUT2D eigenvalue weighted by Gasteiger charge is -2.22. The Bertz CT molecular complexity index is 1320. The molecule has 1 N–H and O–H groups in total. The average molecular weight is 494 g/mol. The zero-order valence-corrected chi connectivity index (χ0v) is 19.0. The Hall–Kier alpha value is -3.54. The van der Waals surface area contributed by atoms with Gasteiger partial charge in [0.25, 0.3) is 15.9 Å². The zero-order chi connectivity index (χ0) is 24.7. The van der Waals surface area contributed by atoms with E-state index in [2.05, 4.69) is 10.4 Å². The zero-order valence-electron chi connectivity index (χ0n) is 18.2. The quantitative estimate of drug-likeness (QED) is 0.583. The van der Waals surface area contributed by atoms with Crippen molar-refractivity contribution in [1.82, 2.24) is 9.78 Å². The number of rotatable bonds is 4. The van der Waals surface area contributed by atoms with Gasteiger partial charge in [-0.15, -0.1) is 0 Å². The van der Waals surface area contributed by atoms with E-state index in [1.807, 2.05) is 13.8 Å². The van der Waals surface area contributed by atoms with E-state index in [1.54, 1.807) is 10.9 Å². The van der Waals surface area contributed by atoms with Gasteiger partial charge in [0, 0.05) is 17.9 Å². The normalized spacial score (nSPS) is 15.4. The van der Waals surface area contributed by atoms with Gasteiger partial charge in [0.1, 0.15) is 17.3 Å². The number of hydrogen-bond donors (Lipinski definition) is 1. The largest absolute Gasteiger partial charge is 0.490 e. The van der Waals surface area contributed by atoms with Crippen molar-refractivity contribution in [3.63, 3.8) is 0 Å². The lowest BCUT2D eigenvalue weighted by molar-refractivity contribution is -0.137. The lowest BCUT2D eigenvalue weighted by Crippen LogP contribution is -2.32. The number of sulfonamides is 1. The molecule has 0 saturated heterocycles. The van der Waals surface area contributed by atoms with Crippen molar-refractivity contribution in [2.75, 3.05) is 22.8 Å². The molecule has 0 unspecified atom stereocenters. The first-order valence-electron chi connectivity index (χ1n) is 10.3. The SMILES string of the molecule is CC(C)n1cc(C(=O)Nc2ccc3c(c2)S(=O)(=O)N(c2ccc(C(F)(F)F)cc2)CCO3)cn1. The van der Waals surface area contributed by atoms with Crippen molar-refractivity contribution < 1.29 is 31.1 Å². The number of nitrogens with one attached hydrogen (secondary N) is 1. The standard InChI is InChI=1S/C22H21F3N4O4S/c1-14(2)28-13-15(12-26-28)21(30)27-17-5-8-19-20(11-17)34(31,32)29(9-10-33-19)18-6-3-16(4-7-18)22(23,24)25/h3-8,11-14H,9-10H2,1-2H3,(H,27,30). The summed E-state index contributed by atoms with van der Waals surface area (Å²) in [5.41, 5.74) is -0.303. The highest BCUT2D eigenvalue weighted by molar-refractivity contribution is 7.93. The molecule has 1 aromatic heterocycles. The van der Waals surface area contributed by atoms with Crippen LogP contribution in [0.2, 0.25) is 0 Å². The second kappa shape index (κ2) is 8.67. The Kier molecular flexibility index (Phi) is 6.02. The molecule has 2 aromatic carbocycles. The molecule has 0 radical (unpaired) electrons. The highest BCUT2D eigenvalue weighted by Gasteiger charge is 2.34. The van der Waals surface area contributed by atoms with Crippen LogP contribution in [0, 0.1) is 0 Å². The number of halogens is 3. The Morgan fingerprint density at radius 3 is 2.47 bits per heavy atom. The number of carbonyl (C=O) groups excluding carboxylic acids is 1. The maximum absolute atomic E-state index is 13.4. The Morgan fingerprint density at radius 1 is 1.15 bits per heavy atom. The summed E-state index contributed by atoms with van der Waals surface area (Å²) in [4.78, 5) is 12.4. The Morgan fingerprint density at radius 2 is 1.85 bits per heavy atom. The maximum Gasteiger partial charge on any atom is 0.416 e. The molecule has 0 bridgehead atoms. The fourth-order valence-electron chi connectivity index (χ4n) is 3.41. The third-order valence-corrected chi connectivity index (χ3v) is 7.05. The van der Waals surface area contributed by atoms with E-state index in [9.17, 15) is 26.4 Å². The fourth-order valence-corrected chi connectivity index (χ4v) is 5.02. The first-order chi connectivity index (χ1) is 16.0. The minimum atomic E-state index is -4.54. The Labute approximate surface area is 194 Å². The van der Waals surface area contributed by atoms with Gasteiger partial charge in [0.05, 0.1) is 29.6 Å². The van der Waals surface area contributed by atoms with E-state index in [-0.39, 0.29) is 41.2 Å². The van der Waals surface area contributed by atoms with Crippen LogP contribution in [0.25, 0.3) is 0 Å². The van der Waals surface area contributed by atoms with Gasteiger partial charge in [-0.1, -0.05) is 0 Å². The first-order valence-corrected chi connectivity index (χ1v) is 11.7. The summed E-state index contributed by atoms with van der Waals surface area (Å²) in [6, 6.07) is 8.11. The monoisotopic (exact) mass is 494 g/mol. The average Bonchev–Trinajstić information content (AvgIpc) is 3.23. The second-order valence-corrected chi connectivity index (χ2v) is 9.72. The second-order valence-electron chi connectivity index (χ2n) is 7.89. The summed E-state index contributed by atoms with van der Waals surface area (Å²) in [7, 11) is -4.19. The molecule has 2 heterocycles. The predicted octanol–water partition coefficient (Wildman–Crippen LogP) is 4.32. The smallest absolute Gasteiger partial charge is 0.416 e. The number of ether oxygens (including phenoxy) is 1. The van der Waals surface area contributed by atoms with Crippen LogP contribution in [0.5, 0.6) is 5.75 Å². The topological polar surface area (TPSA) is 93.5 Å². The Balaban J connectivity index is 1.63. The summed E-state index contributed by atoms with van der Waals surface area (Å²) in [5.74, 6) is -0.390. The van der Waals surface area contributed by atoms with Crippen molar-refractivity contribution in [3.05, 3.63) is 66.0 Å². The number of fused-ring (bicyclic) bond motifs is 1. The van der Waals surface area contributed by atoms with Gasteiger partial charge in [-0.25, -0.2) is 8.42 Å². The van der Waals surface area contributed by atoms with E-state index in [0.717, 1.165) is 28.6 Å². The molecule has 0 saturated carbocycles. The van der Waals surface area contributed by atoms with E-state index >= 15 is 0 Å². The molecule has 0 aliphatic carbocycles. The molecule has 34 heavy (non-hydrogen) atoms. The number of benzene rings is 2. The summed E-state index contributed by atoms with van der Waals surface area (Å²) in [6.07, 6.45) is -1.55. The maximum atomic E-state index is 13.4. The number of amides is 1. The van der Waals surface area contributed by atoms with E-state index in [1.165, 1.54) is 24.4 Å². The van der Waals surface area contributed by atoms with Gasteiger partial charge in [-0.2, -0.15) is 18.3 Å². The van der Waals surface area contributed by atoms with Crippen LogP contribution in [0.3, 0.4) is 0 Å². The third-order valence-electron chi connectivity index (χ3n) is 5.20. The van der Waals surface area contributed by atoms with Crippen molar-refractivity contribution in [2.24, 2.45) is 0 Å². The van der Waals surface area contributed by atoms with E-state index in [4.69, 9.17) is 4.74 Å². The van der Waals surface area contributed by atoms with Gasteiger partial charge < -0.3 is 10.1 Å². The number of anilines is 2. The highest BCUT2D eigenvalue weighted by atomic mass is 32.2. The summed E-state index contributed by atoms with van der Waals surface area (Å²) in [6.45, 7) is 3.72. The molecule has 0 fully saturated rings. The molecule has 1 aliphatic rings.